The minimum atomic E-state index is -0.953. The van der Waals surface area contributed by atoms with Crippen LogP contribution in [-0.2, 0) is 4.79 Å². The molecular weight excluding hydrogens is 238 g/mol. The van der Waals surface area contributed by atoms with Crippen LogP contribution in [0.5, 0.6) is 0 Å². The Balaban J connectivity index is 1.91. The number of aliphatic carboxylic acids is 1. The molecule has 1 aliphatic rings. The van der Waals surface area contributed by atoms with Gasteiger partial charge in [0.2, 0.25) is 0 Å². The standard InChI is InChI=1S/C11H15N3O2S/c15-10(16)2-1-9-7-17-11(14-9)13-8-3-5-12-6-4-8/h1-2,7-8,12H,3-6H2,(H,13,14)(H,15,16). The Morgan fingerprint density at radius 2 is 2.35 bits per heavy atom. The first-order chi connectivity index (χ1) is 8.24. The molecule has 0 bridgehead atoms. The maximum absolute atomic E-state index is 10.4. The van der Waals surface area contributed by atoms with Crippen molar-refractivity contribution in [3.63, 3.8) is 0 Å². The molecule has 2 rings (SSSR count). The molecule has 1 saturated heterocycles. The van der Waals surface area contributed by atoms with Crippen LogP contribution in [0.4, 0.5) is 5.13 Å². The van der Waals surface area contributed by atoms with Gasteiger partial charge >= 0.3 is 5.97 Å². The van der Waals surface area contributed by atoms with Crippen LogP contribution in [0.15, 0.2) is 11.5 Å². The molecule has 0 atom stereocenters. The van der Waals surface area contributed by atoms with Gasteiger partial charge in [0.25, 0.3) is 0 Å². The molecule has 0 aromatic carbocycles. The zero-order valence-electron chi connectivity index (χ0n) is 9.35. The van der Waals surface area contributed by atoms with Crippen LogP contribution in [0.1, 0.15) is 18.5 Å². The highest BCUT2D eigenvalue weighted by molar-refractivity contribution is 7.13. The molecule has 1 aromatic heterocycles. The normalized spacial score (nSPS) is 17.4. The Kier molecular flexibility index (Phi) is 4.11. The van der Waals surface area contributed by atoms with E-state index in [4.69, 9.17) is 5.11 Å². The lowest BCUT2D eigenvalue weighted by Crippen LogP contribution is -2.35. The van der Waals surface area contributed by atoms with Gasteiger partial charge in [0.15, 0.2) is 5.13 Å². The minimum absolute atomic E-state index is 0.471. The van der Waals surface area contributed by atoms with Crippen LogP contribution >= 0.6 is 11.3 Å². The predicted octanol–water partition coefficient (Wildman–Crippen LogP) is 1.40. The highest BCUT2D eigenvalue weighted by Gasteiger charge is 2.13. The highest BCUT2D eigenvalue weighted by Crippen LogP contribution is 2.19. The maximum Gasteiger partial charge on any atom is 0.328 e. The lowest BCUT2D eigenvalue weighted by Gasteiger charge is -2.23. The van der Waals surface area contributed by atoms with Gasteiger partial charge in [0, 0.05) is 17.5 Å². The van der Waals surface area contributed by atoms with Gasteiger partial charge in [-0.25, -0.2) is 9.78 Å². The molecule has 5 nitrogen and oxygen atoms in total. The second-order valence-corrected chi connectivity index (χ2v) is 4.78. The van der Waals surface area contributed by atoms with Crippen LogP contribution in [0.3, 0.4) is 0 Å². The summed E-state index contributed by atoms with van der Waals surface area (Å²) < 4.78 is 0. The van der Waals surface area contributed by atoms with E-state index in [-0.39, 0.29) is 0 Å². The van der Waals surface area contributed by atoms with E-state index in [1.807, 2.05) is 5.38 Å². The quantitative estimate of drug-likeness (QED) is 0.707. The SMILES string of the molecule is O=C(O)C=Cc1csc(NC2CCNCC2)n1. The number of aromatic nitrogens is 1. The number of hydrogen-bond donors (Lipinski definition) is 3. The summed E-state index contributed by atoms with van der Waals surface area (Å²) >= 11 is 1.51. The van der Waals surface area contributed by atoms with Gasteiger partial charge in [-0.05, 0) is 32.0 Å². The number of nitrogens with zero attached hydrogens (tertiary/aromatic N) is 1. The minimum Gasteiger partial charge on any atom is -0.478 e. The Morgan fingerprint density at radius 1 is 1.59 bits per heavy atom. The highest BCUT2D eigenvalue weighted by atomic mass is 32.1. The first-order valence-corrected chi connectivity index (χ1v) is 6.46. The molecule has 1 fully saturated rings. The summed E-state index contributed by atoms with van der Waals surface area (Å²) in [7, 11) is 0. The van der Waals surface area contributed by atoms with Crippen LogP contribution in [0, 0.1) is 0 Å². The van der Waals surface area contributed by atoms with Gasteiger partial charge in [-0.3, -0.25) is 0 Å². The molecule has 0 radical (unpaired) electrons. The average molecular weight is 253 g/mol. The molecule has 0 amide bonds. The van der Waals surface area contributed by atoms with Crippen molar-refractivity contribution in [1.82, 2.24) is 10.3 Å². The summed E-state index contributed by atoms with van der Waals surface area (Å²) in [6, 6.07) is 0.471. The molecule has 0 unspecified atom stereocenters. The predicted molar refractivity (Wildman–Crippen MR) is 68.3 cm³/mol. The zero-order chi connectivity index (χ0) is 12.1. The van der Waals surface area contributed by atoms with E-state index < -0.39 is 5.97 Å². The lowest BCUT2D eigenvalue weighted by molar-refractivity contribution is -0.131. The number of anilines is 1. The van der Waals surface area contributed by atoms with Crippen molar-refractivity contribution >= 4 is 28.5 Å². The number of nitrogens with one attached hydrogen (secondary N) is 2. The van der Waals surface area contributed by atoms with Crippen molar-refractivity contribution in [2.45, 2.75) is 18.9 Å². The molecule has 6 heteroatoms. The third kappa shape index (κ3) is 3.83. The first kappa shape index (κ1) is 12.1. The number of piperidine rings is 1. The zero-order valence-corrected chi connectivity index (χ0v) is 10.2. The summed E-state index contributed by atoms with van der Waals surface area (Å²) in [6.07, 6.45) is 4.80. The van der Waals surface area contributed by atoms with E-state index in [9.17, 15) is 4.79 Å². The van der Waals surface area contributed by atoms with Crippen molar-refractivity contribution in [1.29, 1.82) is 0 Å². The van der Waals surface area contributed by atoms with E-state index in [1.54, 1.807) is 0 Å². The summed E-state index contributed by atoms with van der Waals surface area (Å²) in [5, 5.41) is 17.9. The van der Waals surface area contributed by atoms with E-state index in [1.165, 1.54) is 17.4 Å². The third-order valence-corrected chi connectivity index (χ3v) is 3.38. The molecule has 92 valence electrons. The molecule has 0 saturated carbocycles. The average Bonchev–Trinajstić information content (AvgIpc) is 2.75. The van der Waals surface area contributed by atoms with Gasteiger partial charge in [0.1, 0.15) is 0 Å². The van der Waals surface area contributed by atoms with Gasteiger partial charge in [0.05, 0.1) is 5.69 Å². The molecule has 3 N–H and O–H groups in total. The molecule has 17 heavy (non-hydrogen) atoms. The Hall–Kier alpha value is -1.40. The van der Waals surface area contributed by atoms with Crippen LogP contribution in [0.25, 0.3) is 6.08 Å². The van der Waals surface area contributed by atoms with Crippen LogP contribution < -0.4 is 10.6 Å². The molecule has 1 aliphatic heterocycles. The number of carboxylic acid groups (broad SMARTS) is 1. The molecule has 0 spiro atoms. The van der Waals surface area contributed by atoms with Gasteiger partial charge in [-0.1, -0.05) is 0 Å². The van der Waals surface area contributed by atoms with Crippen molar-refractivity contribution in [2.24, 2.45) is 0 Å². The molecular formula is C11H15N3O2S. The summed E-state index contributed by atoms with van der Waals surface area (Å²) in [5.74, 6) is -0.953. The summed E-state index contributed by atoms with van der Waals surface area (Å²) in [4.78, 5) is 14.7. The van der Waals surface area contributed by atoms with E-state index in [0.29, 0.717) is 11.7 Å². The van der Waals surface area contributed by atoms with Crippen LogP contribution in [-0.4, -0.2) is 35.2 Å². The van der Waals surface area contributed by atoms with Gasteiger partial charge < -0.3 is 15.7 Å². The fraction of sp³-hybridized carbons (Fsp3) is 0.455. The second kappa shape index (κ2) is 5.79. The fourth-order valence-corrected chi connectivity index (χ4v) is 2.48. The van der Waals surface area contributed by atoms with Crippen molar-refractivity contribution < 1.29 is 9.90 Å². The summed E-state index contributed by atoms with van der Waals surface area (Å²) in [6.45, 7) is 2.07. The first-order valence-electron chi connectivity index (χ1n) is 5.58. The lowest BCUT2D eigenvalue weighted by atomic mass is 10.1. The summed E-state index contributed by atoms with van der Waals surface area (Å²) in [5.41, 5.74) is 0.689. The Bertz CT molecular complexity index is 411. The smallest absolute Gasteiger partial charge is 0.328 e. The number of hydrogen-bond acceptors (Lipinski definition) is 5. The number of rotatable bonds is 4. The van der Waals surface area contributed by atoms with E-state index >= 15 is 0 Å². The monoisotopic (exact) mass is 253 g/mol. The number of thiazole rings is 1. The molecule has 1 aromatic rings. The van der Waals surface area contributed by atoms with Gasteiger partial charge in [-0.15, -0.1) is 11.3 Å². The molecule has 0 aliphatic carbocycles. The van der Waals surface area contributed by atoms with Crippen molar-refractivity contribution in [2.75, 3.05) is 18.4 Å². The van der Waals surface area contributed by atoms with Crippen molar-refractivity contribution in [3.8, 4) is 0 Å². The topological polar surface area (TPSA) is 74.2 Å². The number of carbonyl (C=O) groups is 1. The van der Waals surface area contributed by atoms with E-state index in [2.05, 4.69) is 15.6 Å². The van der Waals surface area contributed by atoms with E-state index in [0.717, 1.165) is 37.1 Å². The number of carboxylic acids is 1. The third-order valence-electron chi connectivity index (χ3n) is 2.59. The second-order valence-electron chi connectivity index (χ2n) is 3.92. The maximum atomic E-state index is 10.4. The molecule has 2 heterocycles. The fourth-order valence-electron chi connectivity index (χ4n) is 1.73. The largest absolute Gasteiger partial charge is 0.478 e. The van der Waals surface area contributed by atoms with Crippen molar-refractivity contribution in [3.05, 3.63) is 17.2 Å². The van der Waals surface area contributed by atoms with Gasteiger partial charge in [-0.2, -0.15) is 0 Å². The Morgan fingerprint density at radius 3 is 3.06 bits per heavy atom. The Labute approximate surface area is 104 Å². The van der Waals surface area contributed by atoms with Crippen LogP contribution in [0.2, 0.25) is 0 Å².